The maximum absolute atomic E-state index is 12.6. The van der Waals surface area contributed by atoms with Gasteiger partial charge in [0.05, 0.1) is 11.3 Å². The zero-order chi connectivity index (χ0) is 11.6. The predicted molar refractivity (Wildman–Crippen MR) is 51.3 cm³/mol. The Morgan fingerprint density at radius 2 is 1.93 bits per heavy atom. The Labute approximate surface area is 86.3 Å². The summed E-state index contributed by atoms with van der Waals surface area (Å²) >= 11 is 0. The molecule has 0 saturated heterocycles. The van der Waals surface area contributed by atoms with Crippen molar-refractivity contribution in [3.63, 3.8) is 0 Å². The molecule has 0 aliphatic heterocycles. The fourth-order valence-corrected chi connectivity index (χ4v) is 1.27. The molecule has 2 nitrogen and oxygen atoms in total. The van der Waals surface area contributed by atoms with Crippen LogP contribution in [0.1, 0.15) is 31.0 Å². The molecular weight excluding hydrogens is 205 g/mol. The normalized spacial score (nSPS) is 16.1. The molecule has 0 fully saturated rings. The Kier molecular flexibility index (Phi) is 3.34. The highest BCUT2D eigenvalue weighted by Crippen LogP contribution is 2.34. The molecule has 1 aromatic rings. The number of halogens is 3. The van der Waals surface area contributed by atoms with E-state index in [9.17, 15) is 13.2 Å². The lowest BCUT2D eigenvalue weighted by Crippen LogP contribution is -2.25. The van der Waals surface area contributed by atoms with Crippen LogP contribution in [0.5, 0.6) is 0 Å². The largest absolute Gasteiger partial charge is 0.418 e. The number of nitrogens with two attached hydrogens (primary N) is 1. The summed E-state index contributed by atoms with van der Waals surface area (Å²) in [6.45, 7) is 3.31. The molecule has 84 valence electrons. The first-order valence-corrected chi connectivity index (χ1v) is 4.61. The average Bonchev–Trinajstić information content (AvgIpc) is 2.15. The SMILES string of the molecule is CC(N)C(C)c1ncccc1C(F)(F)F. The van der Waals surface area contributed by atoms with Crippen LogP contribution in [0.2, 0.25) is 0 Å². The Morgan fingerprint density at radius 1 is 1.33 bits per heavy atom. The quantitative estimate of drug-likeness (QED) is 0.828. The monoisotopic (exact) mass is 218 g/mol. The highest BCUT2D eigenvalue weighted by molar-refractivity contribution is 5.26. The molecule has 2 unspecified atom stereocenters. The van der Waals surface area contributed by atoms with Gasteiger partial charge in [0.1, 0.15) is 0 Å². The van der Waals surface area contributed by atoms with Crippen molar-refractivity contribution in [1.29, 1.82) is 0 Å². The van der Waals surface area contributed by atoms with Gasteiger partial charge in [0.15, 0.2) is 0 Å². The van der Waals surface area contributed by atoms with E-state index in [1.54, 1.807) is 13.8 Å². The molecule has 0 saturated carbocycles. The van der Waals surface area contributed by atoms with Crippen LogP contribution in [0.15, 0.2) is 18.3 Å². The van der Waals surface area contributed by atoms with Gasteiger partial charge in [-0.15, -0.1) is 0 Å². The lowest BCUT2D eigenvalue weighted by Gasteiger charge is -2.19. The van der Waals surface area contributed by atoms with Gasteiger partial charge in [0, 0.05) is 18.2 Å². The summed E-state index contributed by atoms with van der Waals surface area (Å²) in [5, 5.41) is 0. The van der Waals surface area contributed by atoms with Crippen molar-refractivity contribution < 1.29 is 13.2 Å². The first kappa shape index (κ1) is 12.0. The van der Waals surface area contributed by atoms with Gasteiger partial charge in [0.2, 0.25) is 0 Å². The molecule has 1 aromatic heterocycles. The second-order valence-corrected chi connectivity index (χ2v) is 3.58. The van der Waals surface area contributed by atoms with Crippen LogP contribution in [0.25, 0.3) is 0 Å². The van der Waals surface area contributed by atoms with E-state index in [-0.39, 0.29) is 11.7 Å². The van der Waals surface area contributed by atoms with Crippen LogP contribution in [0.3, 0.4) is 0 Å². The van der Waals surface area contributed by atoms with Gasteiger partial charge in [0.25, 0.3) is 0 Å². The van der Waals surface area contributed by atoms with E-state index in [1.807, 2.05) is 0 Å². The van der Waals surface area contributed by atoms with Crippen LogP contribution in [0, 0.1) is 0 Å². The summed E-state index contributed by atoms with van der Waals surface area (Å²) in [5.41, 5.74) is 4.89. The minimum atomic E-state index is -4.37. The first-order valence-electron chi connectivity index (χ1n) is 4.61. The van der Waals surface area contributed by atoms with Gasteiger partial charge in [-0.25, -0.2) is 0 Å². The smallest absolute Gasteiger partial charge is 0.327 e. The van der Waals surface area contributed by atoms with Crippen LogP contribution in [-0.4, -0.2) is 11.0 Å². The standard InChI is InChI=1S/C10H13F3N2/c1-6(7(2)14)9-8(10(11,12)13)4-3-5-15-9/h3-7H,14H2,1-2H3. The fourth-order valence-electron chi connectivity index (χ4n) is 1.27. The third-order valence-corrected chi connectivity index (χ3v) is 2.36. The van der Waals surface area contributed by atoms with Gasteiger partial charge < -0.3 is 5.73 Å². The highest BCUT2D eigenvalue weighted by Gasteiger charge is 2.35. The Hall–Kier alpha value is -1.10. The molecule has 1 rings (SSSR count). The Bertz CT molecular complexity index is 334. The molecular formula is C10H13F3N2. The number of alkyl halides is 3. The lowest BCUT2D eigenvalue weighted by molar-refractivity contribution is -0.138. The highest BCUT2D eigenvalue weighted by atomic mass is 19.4. The van der Waals surface area contributed by atoms with Crippen LogP contribution in [0.4, 0.5) is 13.2 Å². The summed E-state index contributed by atoms with van der Waals surface area (Å²) in [6.07, 6.45) is -3.02. The van der Waals surface area contributed by atoms with Crippen LogP contribution < -0.4 is 5.73 Å². The van der Waals surface area contributed by atoms with E-state index in [0.29, 0.717) is 0 Å². The van der Waals surface area contributed by atoms with Crippen LogP contribution in [-0.2, 0) is 6.18 Å². The minimum Gasteiger partial charge on any atom is -0.327 e. The predicted octanol–water partition coefficient (Wildman–Crippen LogP) is 2.55. The van der Waals surface area contributed by atoms with Crippen molar-refractivity contribution >= 4 is 0 Å². The van der Waals surface area contributed by atoms with E-state index >= 15 is 0 Å². The molecule has 2 atom stereocenters. The van der Waals surface area contributed by atoms with Crippen LogP contribution >= 0.6 is 0 Å². The van der Waals surface area contributed by atoms with E-state index in [2.05, 4.69) is 4.98 Å². The number of pyridine rings is 1. The van der Waals surface area contributed by atoms with Crippen molar-refractivity contribution in [2.24, 2.45) is 5.73 Å². The Balaban J connectivity index is 3.18. The second-order valence-electron chi connectivity index (χ2n) is 3.58. The van der Waals surface area contributed by atoms with Crippen molar-refractivity contribution in [2.75, 3.05) is 0 Å². The summed E-state index contributed by atoms with van der Waals surface area (Å²) in [4.78, 5) is 3.77. The Morgan fingerprint density at radius 3 is 2.40 bits per heavy atom. The van der Waals surface area contributed by atoms with Gasteiger partial charge in [-0.05, 0) is 19.1 Å². The molecule has 0 bridgehead atoms. The average molecular weight is 218 g/mol. The summed E-state index contributed by atoms with van der Waals surface area (Å²) in [6, 6.07) is 1.95. The summed E-state index contributed by atoms with van der Waals surface area (Å²) in [5.74, 6) is -0.414. The summed E-state index contributed by atoms with van der Waals surface area (Å²) in [7, 11) is 0. The van der Waals surface area contributed by atoms with Crippen molar-refractivity contribution in [2.45, 2.75) is 32.0 Å². The molecule has 0 radical (unpaired) electrons. The zero-order valence-corrected chi connectivity index (χ0v) is 8.55. The number of hydrogen-bond donors (Lipinski definition) is 1. The molecule has 0 spiro atoms. The number of aromatic nitrogens is 1. The minimum absolute atomic E-state index is 0.0139. The summed E-state index contributed by atoms with van der Waals surface area (Å²) < 4.78 is 37.8. The zero-order valence-electron chi connectivity index (χ0n) is 8.55. The fraction of sp³-hybridized carbons (Fsp3) is 0.500. The van der Waals surface area contributed by atoms with Gasteiger partial charge >= 0.3 is 6.18 Å². The first-order chi connectivity index (χ1) is 6.84. The van der Waals surface area contributed by atoms with E-state index < -0.39 is 17.7 Å². The molecule has 15 heavy (non-hydrogen) atoms. The molecule has 5 heteroatoms. The van der Waals surface area contributed by atoms with Gasteiger partial charge in [-0.3, -0.25) is 4.98 Å². The molecule has 0 aliphatic rings. The molecule has 1 heterocycles. The van der Waals surface area contributed by atoms with Crippen molar-refractivity contribution in [1.82, 2.24) is 4.98 Å². The van der Waals surface area contributed by atoms with E-state index in [4.69, 9.17) is 5.73 Å². The molecule has 2 N–H and O–H groups in total. The maximum Gasteiger partial charge on any atom is 0.418 e. The van der Waals surface area contributed by atoms with Crippen molar-refractivity contribution in [3.05, 3.63) is 29.6 Å². The third-order valence-electron chi connectivity index (χ3n) is 2.36. The molecule has 0 amide bonds. The van der Waals surface area contributed by atoms with Gasteiger partial charge in [-0.1, -0.05) is 6.92 Å². The topological polar surface area (TPSA) is 38.9 Å². The second kappa shape index (κ2) is 4.18. The lowest BCUT2D eigenvalue weighted by atomic mass is 9.96. The molecule has 0 aromatic carbocycles. The number of rotatable bonds is 2. The maximum atomic E-state index is 12.6. The number of nitrogens with zero attached hydrogens (tertiary/aromatic N) is 1. The van der Waals surface area contributed by atoms with Gasteiger partial charge in [-0.2, -0.15) is 13.2 Å². The molecule has 0 aliphatic carbocycles. The van der Waals surface area contributed by atoms with E-state index in [0.717, 1.165) is 6.07 Å². The number of hydrogen-bond acceptors (Lipinski definition) is 2. The van der Waals surface area contributed by atoms with Crippen molar-refractivity contribution in [3.8, 4) is 0 Å². The third kappa shape index (κ3) is 2.68. The van der Waals surface area contributed by atoms with E-state index in [1.165, 1.54) is 12.3 Å².